The molecule has 2 saturated carbocycles. The fourth-order valence-corrected chi connectivity index (χ4v) is 2.27. The Hall–Kier alpha value is -1.31. The van der Waals surface area contributed by atoms with Crippen LogP contribution in [0.1, 0.15) is 42.2 Å². The van der Waals surface area contributed by atoms with Gasteiger partial charge in [-0.3, -0.25) is 4.79 Å². The lowest BCUT2D eigenvalue weighted by atomic mass is 10.0. The fraction of sp³-hybridized carbons (Fsp3) is 0.462. The molecule has 0 amide bonds. The molecule has 1 aromatic carbocycles. The molecule has 2 nitrogen and oxygen atoms in total. The van der Waals surface area contributed by atoms with E-state index in [0.717, 1.165) is 12.3 Å². The van der Waals surface area contributed by atoms with E-state index in [9.17, 15) is 4.79 Å². The quantitative estimate of drug-likeness (QED) is 0.818. The van der Waals surface area contributed by atoms with Gasteiger partial charge in [0.15, 0.2) is 0 Å². The SMILES string of the molecule is O=C(O)C1CC1c1ccc(C2CC2)cc1. The summed E-state index contributed by atoms with van der Waals surface area (Å²) in [6.07, 6.45) is 3.46. The van der Waals surface area contributed by atoms with E-state index < -0.39 is 5.97 Å². The van der Waals surface area contributed by atoms with Crippen molar-refractivity contribution in [2.24, 2.45) is 5.92 Å². The van der Waals surface area contributed by atoms with Crippen LogP contribution in [0.2, 0.25) is 0 Å². The van der Waals surface area contributed by atoms with Gasteiger partial charge in [0.25, 0.3) is 0 Å². The number of carboxylic acids is 1. The van der Waals surface area contributed by atoms with Crippen molar-refractivity contribution >= 4 is 5.97 Å². The molecule has 0 aliphatic heterocycles. The zero-order chi connectivity index (χ0) is 10.4. The minimum absolute atomic E-state index is 0.128. The molecule has 0 radical (unpaired) electrons. The third-order valence-electron chi connectivity index (χ3n) is 3.52. The molecule has 78 valence electrons. The minimum Gasteiger partial charge on any atom is -0.481 e. The Kier molecular flexibility index (Phi) is 1.84. The molecule has 1 aromatic rings. The summed E-state index contributed by atoms with van der Waals surface area (Å²) >= 11 is 0. The molecule has 2 fully saturated rings. The van der Waals surface area contributed by atoms with Crippen LogP contribution in [0.5, 0.6) is 0 Å². The summed E-state index contributed by atoms with van der Waals surface area (Å²) in [6, 6.07) is 8.57. The van der Waals surface area contributed by atoms with Gasteiger partial charge in [0, 0.05) is 0 Å². The van der Waals surface area contributed by atoms with Gasteiger partial charge in [0.1, 0.15) is 0 Å². The number of hydrogen-bond donors (Lipinski definition) is 1. The number of carboxylic acid groups (broad SMARTS) is 1. The first-order valence-corrected chi connectivity index (χ1v) is 5.58. The first-order chi connectivity index (χ1) is 7.25. The molecule has 2 unspecified atom stereocenters. The molecule has 0 saturated heterocycles. The number of rotatable bonds is 3. The zero-order valence-corrected chi connectivity index (χ0v) is 8.52. The van der Waals surface area contributed by atoms with Crippen molar-refractivity contribution < 1.29 is 9.90 Å². The van der Waals surface area contributed by atoms with Crippen molar-refractivity contribution in [1.82, 2.24) is 0 Å². The van der Waals surface area contributed by atoms with Crippen LogP contribution >= 0.6 is 0 Å². The maximum atomic E-state index is 10.7. The van der Waals surface area contributed by atoms with Gasteiger partial charge in [-0.1, -0.05) is 24.3 Å². The monoisotopic (exact) mass is 202 g/mol. The van der Waals surface area contributed by atoms with Crippen LogP contribution < -0.4 is 0 Å². The highest BCUT2D eigenvalue weighted by Crippen LogP contribution is 2.48. The molecule has 15 heavy (non-hydrogen) atoms. The Balaban J connectivity index is 1.74. The Morgan fingerprint density at radius 1 is 1.13 bits per heavy atom. The maximum Gasteiger partial charge on any atom is 0.307 e. The molecular weight excluding hydrogens is 188 g/mol. The number of carbonyl (C=O) groups is 1. The largest absolute Gasteiger partial charge is 0.481 e. The van der Waals surface area contributed by atoms with E-state index in [1.54, 1.807) is 0 Å². The lowest BCUT2D eigenvalue weighted by Gasteiger charge is -2.01. The van der Waals surface area contributed by atoms with Crippen LogP contribution in [0.4, 0.5) is 0 Å². The van der Waals surface area contributed by atoms with E-state index in [4.69, 9.17) is 5.11 Å². The highest BCUT2D eigenvalue weighted by molar-refractivity contribution is 5.75. The Morgan fingerprint density at radius 2 is 1.73 bits per heavy atom. The predicted octanol–water partition coefficient (Wildman–Crippen LogP) is 2.75. The molecule has 2 aliphatic carbocycles. The number of hydrogen-bond acceptors (Lipinski definition) is 1. The van der Waals surface area contributed by atoms with Crippen molar-refractivity contribution in [3.63, 3.8) is 0 Å². The molecule has 3 rings (SSSR count). The van der Waals surface area contributed by atoms with Gasteiger partial charge in [0.2, 0.25) is 0 Å². The molecule has 0 spiro atoms. The summed E-state index contributed by atoms with van der Waals surface area (Å²) in [5.41, 5.74) is 2.62. The summed E-state index contributed by atoms with van der Waals surface area (Å²) in [4.78, 5) is 10.7. The summed E-state index contributed by atoms with van der Waals surface area (Å²) in [7, 11) is 0. The molecular formula is C13H14O2. The Morgan fingerprint density at radius 3 is 2.20 bits per heavy atom. The average molecular weight is 202 g/mol. The zero-order valence-electron chi connectivity index (χ0n) is 8.52. The molecule has 2 heteroatoms. The highest BCUT2D eigenvalue weighted by Gasteiger charge is 2.44. The van der Waals surface area contributed by atoms with E-state index in [1.165, 1.54) is 24.0 Å². The standard InChI is InChI=1S/C13H14O2/c14-13(15)12-7-11(12)10-5-3-9(4-6-10)8-1-2-8/h3-6,8,11-12H,1-2,7H2,(H,14,15). The number of aliphatic carboxylic acids is 1. The summed E-state index contributed by atoms with van der Waals surface area (Å²) < 4.78 is 0. The molecule has 0 aromatic heterocycles. The normalized spacial score (nSPS) is 28.8. The van der Waals surface area contributed by atoms with E-state index in [0.29, 0.717) is 0 Å². The molecule has 2 aliphatic rings. The second-order valence-electron chi connectivity index (χ2n) is 4.73. The van der Waals surface area contributed by atoms with Crippen molar-refractivity contribution in [2.45, 2.75) is 31.1 Å². The fourth-order valence-electron chi connectivity index (χ4n) is 2.27. The van der Waals surface area contributed by atoms with E-state index in [2.05, 4.69) is 24.3 Å². The Bertz CT molecular complexity index is 390. The third-order valence-corrected chi connectivity index (χ3v) is 3.52. The average Bonchev–Trinajstić information content (AvgIpc) is 3.11. The van der Waals surface area contributed by atoms with Gasteiger partial charge in [-0.05, 0) is 42.2 Å². The van der Waals surface area contributed by atoms with E-state index in [-0.39, 0.29) is 11.8 Å². The first-order valence-electron chi connectivity index (χ1n) is 5.58. The van der Waals surface area contributed by atoms with Gasteiger partial charge >= 0.3 is 5.97 Å². The smallest absolute Gasteiger partial charge is 0.307 e. The van der Waals surface area contributed by atoms with Crippen LogP contribution in [0.3, 0.4) is 0 Å². The number of benzene rings is 1. The topological polar surface area (TPSA) is 37.3 Å². The van der Waals surface area contributed by atoms with Crippen molar-refractivity contribution in [2.75, 3.05) is 0 Å². The van der Waals surface area contributed by atoms with Crippen molar-refractivity contribution in [3.05, 3.63) is 35.4 Å². The van der Waals surface area contributed by atoms with Crippen molar-refractivity contribution in [1.29, 1.82) is 0 Å². The summed E-state index contributed by atoms with van der Waals surface area (Å²) in [5.74, 6) is 0.285. The van der Waals surface area contributed by atoms with Gasteiger partial charge < -0.3 is 5.11 Å². The van der Waals surface area contributed by atoms with E-state index in [1.807, 2.05) is 0 Å². The highest BCUT2D eigenvalue weighted by atomic mass is 16.4. The molecule has 1 N–H and O–H groups in total. The van der Waals surface area contributed by atoms with Gasteiger partial charge in [-0.2, -0.15) is 0 Å². The van der Waals surface area contributed by atoms with Crippen LogP contribution in [0.15, 0.2) is 24.3 Å². The van der Waals surface area contributed by atoms with Crippen molar-refractivity contribution in [3.8, 4) is 0 Å². The summed E-state index contributed by atoms with van der Waals surface area (Å²) in [5, 5.41) is 8.84. The lowest BCUT2D eigenvalue weighted by Crippen LogP contribution is -1.98. The van der Waals surface area contributed by atoms with Gasteiger partial charge in [0.05, 0.1) is 5.92 Å². The van der Waals surface area contributed by atoms with Crippen LogP contribution in [-0.4, -0.2) is 11.1 Å². The molecule has 0 bridgehead atoms. The third kappa shape index (κ3) is 1.65. The van der Waals surface area contributed by atoms with Crippen LogP contribution in [-0.2, 0) is 4.79 Å². The first kappa shape index (κ1) is 8.96. The lowest BCUT2D eigenvalue weighted by molar-refractivity contribution is -0.138. The second-order valence-corrected chi connectivity index (χ2v) is 4.73. The summed E-state index contributed by atoms with van der Waals surface area (Å²) in [6.45, 7) is 0. The second kappa shape index (κ2) is 3.09. The van der Waals surface area contributed by atoms with Crippen LogP contribution in [0.25, 0.3) is 0 Å². The van der Waals surface area contributed by atoms with Crippen LogP contribution in [0, 0.1) is 5.92 Å². The minimum atomic E-state index is -0.647. The van der Waals surface area contributed by atoms with Gasteiger partial charge in [-0.15, -0.1) is 0 Å². The molecule has 2 atom stereocenters. The Labute approximate surface area is 88.9 Å². The van der Waals surface area contributed by atoms with E-state index >= 15 is 0 Å². The van der Waals surface area contributed by atoms with Gasteiger partial charge in [-0.25, -0.2) is 0 Å². The molecule has 0 heterocycles. The maximum absolute atomic E-state index is 10.7. The predicted molar refractivity (Wildman–Crippen MR) is 56.9 cm³/mol.